The lowest BCUT2D eigenvalue weighted by molar-refractivity contribution is -0.153. The number of esters is 1. The molecule has 174 valence electrons. The Balaban J connectivity index is 1.65. The van der Waals surface area contributed by atoms with E-state index < -0.39 is 18.0 Å². The number of hydrogen-bond acceptors (Lipinski definition) is 5. The van der Waals surface area contributed by atoms with Crippen LogP contribution in [-0.4, -0.2) is 27.5 Å². The highest BCUT2D eigenvalue weighted by atomic mass is 35.5. The Labute approximate surface area is 201 Å². The Morgan fingerprint density at radius 2 is 1.91 bits per heavy atom. The average Bonchev–Trinajstić information content (AvgIpc) is 2.80. The summed E-state index contributed by atoms with van der Waals surface area (Å²) in [6.45, 7) is 4.10. The molecule has 0 unspecified atom stereocenters. The highest BCUT2D eigenvalue weighted by Crippen LogP contribution is 2.29. The molecule has 0 bridgehead atoms. The number of nitrogens with one attached hydrogen (secondary N) is 1. The van der Waals surface area contributed by atoms with E-state index in [4.69, 9.17) is 27.9 Å². The number of ether oxygens (including phenoxy) is 1. The monoisotopic (exact) mass is 489 g/mol. The first-order valence-corrected chi connectivity index (χ1v) is 11.5. The lowest BCUT2D eigenvalue weighted by Crippen LogP contribution is -2.31. The minimum absolute atomic E-state index is 0.0795. The largest absolute Gasteiger partial charge is 0.453 e. The minimum Gasteiger partial charge on any atom is -0.453 e. The number of unbranched alkanes of at least 4 members (excludes halogenated alkanes) is 1. The van der Waals surface area contributed by atoms with Crippen LogP contribution in [0.4, 0.5) is 5.69 Å². The molecule has 0 saturated carbocycles. The number of fused-ring (bicyclic) bond motifs is 1. The molecule has 9 heteroatoms. The second-order valence-corrected chi connectivity index (χ2v) is 8.37. The maximum atomic E-state index is 13.0. The zero-order valence-corrected chi connectivity index (χ0v) is 19.9. The third kappa shape index (κ3) is 6.12. The summed E-state index contributed by atoms with van der Waals surface area (Å²) in [5, 5.41) is 3.09. The first-order chi connectivity index (χ1) is 15.8. The van der Waals surface area contributed by atoms with Crippen LogP contribution in [-0.2, 0) is 27.3 Å². The number of carbonyl (C=O) groups is 2. The fourth-order valence-electron chi connectivity index (χ4n) is 3.31. The van der Waals surface area contributed by atoms with Gasteiger partial charge in [-0.25, -0.2) is 4.98 Å². The topological polar surface area (TPSA) is 90.3 Å². The van der Waals surface area contributed by atoms with Crippen LogP contribution in [0.1, 0.15) is 38.8 Å². The van der Waals surface area contributed by atoms with Crippen LogP contribution in [0.25, 0.3) is 11.0 Å². The summed E-state index contributed by atoms with van der Waals surface area (Å²) in [4.78, 5) is 42.1. The lowest BCUT2D eigenvalue weighted by atomic mass is 10.2. The summed E-state index contributed by atoms with van der Waals surface area (Å²) in [5.41, 5.74) is 1.88. The van der Waals surface area contributed by atoms with Crippen LogP contribution in [0, 0.1) is 0 Å². The highest BCUT2D eigenvalue weighted by molar-refractivity contribution is 6.44. The van der Waals surface area contributed by atoms with E-state index in [0.29, 0.717) is 28.5 Å². The molecule has 33 heavy (non-hydrogen) atoms. The number of hydrogen-bond donors (Lipinski definition) is 1. The quantitative estimate of drug-likeness (QED) is 0.426. The van der Waals surface area contributed by atoms with Crippen molar-refractivity contribution >= 4 is 51.8 Å². The molecule has 0 radical (unpaired) electrons. The second-order valence-electron chi connectivity index (χ2n) is 7.58. The van der Waals surface area contributed by atoms with Crippen molar-refractivity contribution in [3.05, 3.63) is 68.6 Å². The molecule has 3 rings (SSSR count). The Morgan fingerprint density at radius 1 is 1.15 bits per heavy atom. The molecule has 1 aromatic heterocycles. The second kappa shape index (κ2) is 11.3. The molecule has 7 nitrogen and oxygen atoms in total. The standard InChI is InChI=1S/C24H25Cl2N3O4/c1-3-4-14-29-20-11-6-5-9-17(20)27-19(24(29)32)12-13-21(30)33-15(2)23(31)28-18-10-7-8-16(25)22(18)26/h5-11,15H,3-4,12-14H2,1-2H3,(H,28,31)/t15-/m0/s1. The number of para-hydroxylation sites is 2. The van der Waals surface area contributed by atoms with E-state index >= 15 is 0 Å². The van der Waals surface area contributed by atoms with Crippen LogP contribution in [0.5, 0.6) is 0 Å². The number of aryl methyl sites for hydroxylation is 2. The van der Waals surface area contributed by atoms with Gasteiger partial charge in [-0.15, -0.1) is 0 Å². The van der Waals surface area contributed by atoms with Gasteiger partial charge in [0.05, 0.1) is 33.2 Å². The van der Waals surface area contributed by atoms with Crippen molar-refractivity contribution in [3.63, 3.8) is 0 Å². The van der Waals surface area contributed by atoms with Gasteiger partial charge < -0.3 is 14.6 Å². The first-order valence-electron chi connectivity index (χ1n) is 10.7. The Bertz CT molecular complexity index is 1230. The van der Waals surface area contributed by atoms with Crippen molar-refractivity contribution in [2.75, 3.05) is 5.32 Å². The van der Waals surface area contributed by atoms with Gasteiger partial charge in [0.2, 0.25) is 0 Å². The van der Waals surface area contributed by atoms with E-state index in [2.05, 4.69) is 17.2 Å². The van der Waals surface area contributed by atoms with Gasteiger partial charge in [-0.05, 0) is 37.6 Å². The number of halogens is 2. The van der Waals surface area contributed by atoms with Crippen LogP contribution in [0.3, 0.4) is 0 Å². The minimum atomic E-state index is -1.06. The normalized spacial score (nSPS) is 11.9. The summed E-state index contributed by atoms with van der Waals surface area (Å²) in [6.07, 6.45) is 0.787. The third-order valence-corrected chi connectivity index (χ3v) is 5.93. The number of anilines is 1. The van der Waals surface area contributed by atoms with E-state index in [0.717, 1.165) is 18.4 Å². The molecule has 0 aliphatic carbocycles. The fourth-order valence-corrected chi connectivity index (χ4v) is 3.66. The lowest BCUT2D eigenvalue weighted by Gasteiger charge is -2.15. The van der Waals surface area contributed by atoms with Gasteiger partial charge in [0.1, 0.15) is 5.69 Å². The fraction of sp³-hybridized carbons (Fsp3) is 0.333. The van der Waals surface area contributed by atoms with Crippen LogP contribution in [0.2, 0.25) is 10.0 Å². The van der Waals surface area contributed by atoms with Crippen molar-refractivity contribution in [2.45, 2.75) is 52.2 Å². The van der Waals surface area contributed by atoms with Crippen molar-refractivity contribution in [2.24, 2.45) is 0 Å². The molecule has 0 spiro atoms. The van der Waals surface area contributed by atoms with Crippen molar-refractivity contribution in [1.29, 1.82) is 0 Å². The van der Waals surface area contributed by atoms with E-state index in [1.807, 2.05) is 24.3 Å². The molecule has 0 saturated heterocycles. The van der Waals surface area contributed by atoms with Crippen molar-refractivity contribution < 1.29 is 14.3 Å². The molecule has 3 aromatic rings. The molecular weight excluding hydrogens is 465 g/mol. The van der Waals surface area contributed by atoms with E-state index in [1.165, 1.54) is 6.92 Å². The van der Waals surface area contributed by atoms with Crippen molar-refractivity contribution in [3.8, 4) is 0 Å². The SMILES string of the molecule is CCCCn1c(=O)c(CCC(=O)O[C@@H](C)C(=O)Nc2cccc(Cl)c2Cl)nc2ccccc21. The summed E-state index contributed by atoms with van der Waals surface area (Å²) in [6, 6.07) is 12.3. The molecule has 0 aliphatic heterocycles. The number of benzene rings is 2. The zero-order chi connectivity index (χ0) is 24.0. The van der Waals surface area contributed by atoms with Gasteiger partial charge in [0.25, 0.3) is 11.5 Å². The molecule has 1 N–H and O–H groups in total. The number of rotatable bonds is 9. The van der Waals surface area contributed by atoms with E-state index in [-0.39, 0.29) is 23.4 Å². The molecule has 1 heterocycles. The zero-order valence-electron chi connectivity index (χ0n) is 18.4. The van der Waals surface area contributed by atoms with Gasteiger partial charge in [-0.3, -0.25) is 14.4 Å². The predicted molar refractivity (Wildman–Crippen MR) is 130 cm³/mol. The highest BCUT2D eigenvalue weighted by Gasteiger charge is 2.20. The maximum Gasteiger partial charge on any atom is 0.306 e. The number of carbonyl (C=O) groups excluding carboxylic acids is 2. The van der Waals surface area contributed by atoms with Crippen LogP contribution < -0.4 is 10.9 Å². The van der Waals surface area contributed by atoms with Gasteiger partial charge in [0.15, 0.2) is 6.10 Å². The molecule has 2 aromatic carbocycles. The predicted octanol–water partition coefficient (Wildman–Crippen LogP) is 5.01. The first kappa shape index (κ1) is 24.7. The van der Waals surface area contributed by atoms with E-state index in [1.54, 1.807) is 22.8 Å². The Kier molecular flexibility index (Phi) is 8.47. The van der Waals surface area contributed by atoms with Gasteiger partial charge in [-0.2, -0.15) is 0 Å². The molecular formula is C24H25Cl2N3O4. The van der Waals surface area contributed by atoms with Gasteiger partial charge >= 0.3 is 5.97 Å². The Hall–Kier alpha value is -2.90. The van der Waals surface area contributed by atoms with Crippen molar-refractivity contribution in [1.82, 2.24) is 9.55 Å². The molecule has 0 aliphatic rings. The molecule has 0 fully saturated rings. The summed E-state index contributed by atoms with van der Waals surface area (Å²) >= 11 is 12.0. The summed E-state index contributed by atoms with van der Waals surface area (Å²) in [5.74, 6) is -1.15. The van der Waals surface area contributed by atoms with Crippen LogP contribution in [0.15, 0.2) is 47.3 Å². The number of amides is 1. The van der Waals surface area contributed by atoms with Crippen LogP contribution >= 0.6 is 23.2 Å². The maximum absolute atomic E-state index is 13.0. The summed E-state index contributed by atoms with van der Waals surface area (Å²) < 4.78 is 6.94. The van der Waals surface area contributed by atoms with Gasteiger partial charge in [-0.1, -0.05) is 54.7 Å². The average molecular weight is 490 g/mol. The Morgan fingerprint density at radius 3 is 2.67 bits per heavy atom. The number of nitrogens with zero attached hydrogens (tertiary/aromatic N) is 2. The molecule has 1 amide bonds. The van der Waals surface area contributed by atoms with Gasteiger partial charge in [0, 0.05) is 13.0 Å². The molecule has 1 atom stereocenters. The third-order valence-electron chi connectivity index (χ3n) is 5.11. The smallest absolute Gasteiger partial charge is 0.306 e. The number of aromatic nitrogens is 2. The summed E-state index contributed by atoms with van der Waals surface area (Å²) in [7, 11) is 0. The van der Waals surface area contributed by atoms with E-state index in [9.17, 15) is 14.4 Å².